The Labute approximate surface area is 158 Å². The standard InChI is InChI=1S/C17H21ClN4O2.ClH/c1-12-11-22(10-9-19-12)16(23)4-2-3-15-20-17(21-24-15)13-5-7-14(18)8-6-13;/h5-8,12,19H,2-4,9-11H2,1H3;1H. The van der Waals surface area contributed by atoms with Crippen molar-refractivity contribution in [2.24, 2.45) is 0 Å². The molecule has 25 heavy (non-hydrogen) atoms. The highest BCUT2D eigenvalue weighted by Gasteiger charge is 2.20. The molecular formula is C17H22Cl2N4O2. The molecule has 1 atom stereocenters. The van der Waals surface area contributed by atoms with Gasteiger partial charge in [0.15, 0.2) is 0 Å². The summed E-state index contributed by atoms with van der Waals surface area (Å²) in [4.78, 5) is 18.5. The van der Waals surface area contributed by atoms with Crippen molar-refractivity contribution in [3.05, 3.63) is 35.2 Å². The van der Waals surface area contributed by atoms with Crippen molar-refractivity contribution in [2.45, 2.75) is 32.2 Å². The molecule has 6 nitrogen and oxygen atoms in total. The number of hydrogen-bond donors (Lipinski definition) is 1. The Morgan fingerprint density at radius 2 is 2.16 bits per heavy atom. The van der Waals surface area contributed by atoms with Crippen LogP contribution in [-0.2, 0) is 11.2 Å². The Morgan fingerprint density at radius 3 is 2.88 bits per heavy atom. The molecule has 0 saturated carbocycles. The SMILES string of the molecule is CC1CN(C(=O)CCCc2nc(-c3ccc(Cl)cc3)no2)CCN1.Cl. The van der Waals surface area contributed by atoms with E-state index in [2.05, 4.69) is 22.4 Å². The van der Waals surface area contributed by atoms with Crippen LogP contribution in [0.1, 0.15) is 25.7 Å². The normalized spacial score (nSPS) is 17.2. The van der Waals surface area contributed by atoms with Gasteiger partial charge in [-0.1, -0.05) is 16.8 Å². The van der Waals surface area contributed by atoms with E-state index in [1.807, 2.05) is 17.0 Å². The second-order valence-electron chi connectivity index (χ2n) is 6.07. The number of benzene rings is 1. The van der Waals surface area contributed by atoms with Crippen LogP contribution in [0.2, 0.25) is 5.02 Å². The lowest BCUT2D eigenvalue weighted by Gasteiger charge is -2.31. The maximum atomic E-state index is 12.2. The summed E-state index contributed by atoms with van der Waals surface area (Å²) in [5.41, 5.74) is 0.861. The maximum absolute atomic E-state index is 12.2. The van der Waals surface area contributed by atoms with Gasteiger partial charge < -0.3 is 14.7 Å². The third-order valence-electron chi connectivity index (χ3n) is 4.07. The Balaban J connectivity index is 0.00000225. The van der Waals surface area contributed by atoms with E-state index in [1.165, 1.54) is 0 Å². The molecule has 1 aliphatic rings. The first kappa shape index (κ1) is 19.7. The highest BCUT2D eigenvalue weighted by Crippen LogP contribution is 2.19. The predicted octanol–water partition coefficient (Wildman–Crippen LogP) is 2.95. The van der Waals surface area contributed by atoms with E-state index < -0.39 is 0 Å². The zero-order valence-corrected chi connectivity index (χ0v) is 15.6. The molecule has 1 N–H and O–H groups in total. The van der Waals surface area contributed by atoms with E-state index in [-0.39, 0.29) is 18.3 Å². The second kappa shape index (κ2) is 9.17. The van der Waals surface area contributed by atoms with Crippen LogP contribution in [0.25, 0.3) is 11.4 Å². The van der Waals surface area contributed by atoms with Crippen molar-refractivity contribution >= 4 is 29.9 Å². The molecular weight excluding hydrogens is 363 g/mol. The fourth-order valence-electron chi connectivity index (χ4n) is 2.78. The Morgan fingerprint density at radius 1 is 1.40 bits per heavy atom. The van der Waals surface area contributed by atoms with E-state index in [4.69, 9.17) is 16.1 Å². The first-order chi connectivity index (χ1) is 11.6. The van der Waals surface area contributed by atoms with E-state index in [9.17, 15) is 4.79 Å². The zero-order valence-electron chi connectivity index (χ0n) is 14.1. The van der Waals surface area contributed by atoms with E-state index in [1.54, 1.807) is 12.1 Å². The van der Waals surface area contributed by atoms with Crippen LogP contribution in [-0.4, -0.2) is 46.6 Å². The van der Waals surface area contributed by atoms with E-state index in [0.717, 1.165) is 25.2 Å². The minimum atomic E-state index is 0. The van der Waals surface area contributed by atoms with Crippen LogP contribution in [0.15, 0.2) is 28.8 Å². The molecule has 1 fully saturated rings. The Kier molecular flexibility index (Phi) is 7.23. The number of piperazine rings is 1. The van der Waals surface area contributed by atoms with Crippen molar-refractivity contribution in [1.82, 2.24) is 20.4 Å². The molecule has 1 aliphatic heterocycles. The summed E-state index contributed by atoms with van der Waals surface area (Å²) in [6.45, 7) is 4.52. The zero-order chi connectivity index (χ0) is 16.9. The maximum Gasteiger partial charge on any atom is 0.226 e. The fraction of sp³-hybridized carbons (Fsp3) is 0.471. The number of carbonyl (C=O) groups is 1. The lowest BCUT2D eigenvalue weighted by Crippen LogP contribution is -2.51. The smallest absolute Gasteiger partial charge is 0.226 e. The van der Waals surface area contributed by atoms with Crippen molar-refractivity contribution in [1.29, 1.82) is 0 Å². The van der Waals surface area contributed by atoms with Gasteiger partial charge in [-0.05, 0) is 37.6 Å². The Hall–Kier alpha value is -1.63. The molecule has 136 valence electrons. The number of rotatable bonds is 5. The van der Waals surface area contributed by atoms with E-state index in [0.29, 0.717) is 42.0 Å². The molecule has 8 heteroatoms. The number of halogens is 2. The van der Waals surface area contributed by atoms with Crippen molar-refractivity contribution < 1.29 is 9.32 Å². The summed E-state index contributed by atoms with van der Waals surface area (Å²) in [5.74, 6) is 1.30. The highest BCUT2D eigenvalue weighted by molar-refractivity contribution is 6.30. The average molecular weight is 385 g/mol. The van der Waals surface area contributed by atoms with Crippen LogP contribution in [0, 0.1) is 0 Å². The first-order valence-corrected chi connectivity index (χ1v) is 8.59. The molecule has 1 amide bonds. The van der Waals surface area contributed by atoms with Gasteiger partial charge in [0.2, 0.25) is 17.6 Å². The molecule has 1 aromatic heterocycles. The molecule has 0 bridgehead atoms. The number of nitrogens with zero attached hydrogens (tertiary/aromatic N) is 3. The number of aryl methyl sites for hydroxylation is 1. The third kappa shape index (κ3) is 5.42. The highest BCUT2D eigenvalue weighted by atomic mass is 35.5. The molecule has 1 saturated heterocycles. The summed E-state index contributed by atoms with van der Waals surface area (Å²) in [6.07, 6.45) is 1.82. The van der Waals surface area contributed by atoms with E-state index >= 15 is 0 Å². The molecule has 1 unspecified atom stereocenters. The summed E-state index contributed by atoms with van der Waals surface area (Å²) in [6, 6.07) is 7.65. The van der Waals surface area contributed by atoms with Gasteiger partial charge in [0, 0.05) is 49.1 Å². The largest absolute Gasteiger partial charge is 0.340 e. The minimum Gasteiger partial charge on any atom is -0.340 e. The van der Waals surface area contributed by atoms with Crippen molar-refractivity contribution in [3.63, 3.8) is 0 Å². The predicted molar refractivity (Wildman–Crippen MR) is 99.0 cm³/mol. The summed E-state index contributed by atoms with van der Waals surface area (Å²) in [5, 5.41) is 7.99. The molecule has 0 aliphatic carbocycles. The number of hydrogen-bond acceptors (Lipinski definition) is 5. The van der Waals surface area contributed by atoms with Crippen LogP contribution in [0.3, 0.4) is 0 Å². The number of amides is 1. The quantitative estimate of drug-likeness (QED) is 0.857. The van der Waals surface area contributed by atoms with Gasteiger partial charge in [0.1, 0.15) is 0 Å². The lowest BCUT2D eigenvalue weighted by atomic mass is 10.2. The summed E-state index contributed by atoms with van der Waals surface area (Å²) >= 11 is 5.87. The van der Waals surface area contributed by atoms with Crippen LogP contribution < -0.4 is 5.32 Å². The molecule has 2 aromatic rings. The van der Waals surface area contributed by atoms with Gasteiger partial charge in [0.05, 0.1) is 0 Å². The number of aromatic nitrogens is 2. The van der Waals surface area contributed by atoms with Crippen LogP contribution in [0.5, 0.6) is 0 Å². The lowest BCUT2D eigenvalue weighted by molar-refractivity contribution is -0.132. The minimum absolute atomic E-state index is 0. The number of carbonyl (C=O) groups excluding carboxylic acids is 1. The molecule has 1 aromatic carbocycles. The topological polar surface area (TPSA) is 71.3 Å². The molecule has 2 heterocycles. The molecule has 3 rings (SSSR count). The fourth-order valence-corrected chi connectivity index (χ4v) is 2.91. The summed E-state index contributed by atoms with van der Waals surface area (Å²) < 4.78 is 5.26. The molecule has 0 radical (unpaired) electrons. The first-order valence-electron chi connectivity index (χ1n) is 8.21. The van der Waals surface area contributed by atoms with Gasteiger partial charge in [-0.15, -0.1) is 12.4 Å². The number of nitrogens with one attached hydrogen (secondary N) is 1. The third-order valence-corrected chi connectivity index (χ3v) is 4.33. The summed E-state index contributed by atoms with van der Waals surface area (Å²) in [7, 11) is 0. The average Bonchev–Trinajstić information content (AvgIpc) is 3.04. The second-order valence-corrected chi connectivity index (χ2v) is 6.50. The van der Waals surface area contributed by atoms with Crippen LogP contribution in [0.4, 0.5) is 0 Å². The van der Waals surface area contributed by atoms with Gasteiger partial charge in [-0.2, -0.15) is 4.98 Å². The van der Waals surface area contributed by atoms with Gasteiger partial charge in [-0.3, -0.25) is 4.79 Å². The van der Waals surface area contributed by atoms with Crippen molar-refractivity contribution in [2.75, 3.05) is 19.6 Å². The van der Waals surface area contributed by atoms with Gasteiger partial charge >= 0.3 is 0 Å². The Bertz CT molecular complexity index is 690. The molecule has 0 spiro atoms. The van der Waals surface area contributed by atoms with Crippen LogP contribution >= 0.6 is 24.0 Å². The van der Waals surface area contributed by atoms with Crippen molar-refractivity contribution in [3.8, 4) is 11.4 Å². The monoisotopic (exact) mass is 384 g/mol. The van der Waals surface area contributed by atoms with Gasteiger partial charge in [-0.25, -0.2) is 0 Å². The van der Waals surface area contributed by atoms with Gasteiger partial charge in [0.25, 0.3) is 0 Å².